The van der Waals surface area contributed by atoms with Gasteiger partial charge in [-0.05, 0) is 54.6 Å². The van der Waals surface area contributed by atoms with E-state index < -0.39 is 5.82 Å². The van der Waals surface area contributed by atoms with Crippen LogP contribution in [0.15, 0.2) is 65.4 Å². The van der Waals surface area contributed by atoms with Gasteiger partial charge in [-0.3, -0.25) is 14.4 Å². The molecule has 1 fully saturated rings. The van der Waals surface area contributed by atoms with Gasteiger partial charge >= 0.3 is 0 Å². The lowest BCUT2D eigenvalue weighted by Crippen LogP contribution is -2.46. The zero-order valence-corrected chi connectivity index (χ0v) is 17.5. The maximum atomic E-state index is 13.2. The van der Waals surface area contributed by atoms with E-state index in [-0.39, 0.29) is 23.6 Å². The highest BCUT2D eigenvalue weighted by atomic mass is 32.1. The van der Waals surface area contributed by atoms with Gasteiger partial charge in [0.05, 0.1) is 5.56 Å². The van der Waals surface area contributed by atoms with Crippen LogP contribution >= 0.6 is 11.3 Å². The summed E-state index contributed by atoms with van der Waals surface area (Å²) in [5.74, 6) is -1.05. The fraction of sp³-hybridized carbons (Fsp3) is 0.208. The van der Waals surface area contributed by atoms with E-state index in [4.69, 9.17) is 0 Å². The fourth-order valence-electron chi connectivity index (χ4n) is 3.68. The highest BCUT2D eigenvalue weighted by Crippen LogP contribution is 2.20. The number of piperidine rings is 1. The Labute approximate surface area is 183 Å². The lowest BCUT2D eigenvalue weighted by atomic mass is 9.96. The molecule has 0 saturated carbocycles. The lowest BCUT2D eigenvalue weighted by molar-refractivity contribution is 0.0694. The lowest BCUT2D eigenvalue weighted by Gasteiger charge is -2.32. The Kier molecular flexibility index (Phi) is 6.23. The average molecular weight is 437 g/mol. The quantitative estimate of drug-likeness (QED) is 0.611. The zero-order valence-electron chi connectivity index (χ0n) is 16.7. The largest absolute Gasteiger partial charge is 0.349 e. The Morgan fingerprint density at radius 3 is 2.23 bits per heavy atom. The van der Waals surface area contributed by atoms with Gasteiger partial charge < -0.3 is 10.2 Å². The van der Waals surface area contributed by atoms with Crippen LogP contribution in [-0.4, -0.2) is 41.6 Å². The maximum Gasteiger partial charge on any atom is 0.254 e. The molecule has 158 valence electrons. The minimum Gasteiger partial charge on any atom is -0.349 e. The number of halogens is 1. The first-order valence-electron chi connectivity index (χ1n) is 10.0. The molecular weight excluding hydrogens is 415 g/mol. The number of amides is 2. The number of rotatable bonds is 5. The van der Waals surface area contributed by atoms with Crippen molar-refractivity contribution < 1.29 is 18.8 Å². The molecule has 0 bridgehead atoms. The predicted molar refractivity (Wildman–Crippen MR) is 117 cm³/mol. The minimum atomic E-state index is -0.421. The van der Waals surface area contributed by atoms with Gasteiger partial charge in [-0.2, -0.15) is 11.3 Å². The van der Waals surface area contributed by atoms with Crippen molar-refractivity contribution in [2.45, 2.75) is 18.9 Å². The molecule has 1 N–H and O–H groups in total. The molecule has 0 aliphatic carbocycles. The second-order valence-corrected chi connectivity index (χ2v) is 8.21. The van der Waals surface area contributed by atoms with E-state index in [1.807, 2.05) is 10.8 Å². The van der Waals surface area contributed by atoms with E-state index in [9.17, 15) is 18.8 Å². The number of hydrogen-bond donors (Lipinski definition) is 1. The Morgan fingerprint density at radius 1 is 0.903 bits per heavy atom. The van der Waals surface area contributed by atoms with E-state index in [2.05, 4.69) is 5.32 Å². The number of nitrogens with one attached hydrogen (secondary N) is 1. The van der Waals surface area contributed by atoms with E-state index >= 15 is 0 Å². The molecule has 0 unspecified atom stereocenters. The van der Waals surface area contributed by atoms with E-state index in [1.165, 1.54) is 35.6 Å². The zero-order chi connectivity index (χ0) is 21.8. The summed E-state index contributed by atoms with van der Waals surface area (Å²) in [4.78, 5) is 40.0. The van der Waals surface area contributed by atoms with Crippen molar-refractivity contribution in [3.8, 4) is 0 Å². The van der Waals surface area contributed by atoms with Crippen LogP contribution < -0.4 is 5.32 Å². The number of carbonyl (C=O) groups is 3. The van der Waals surface area contributed by atoms with Crippen molar-refractivity contribution in [1.82, 2.24) is 10.2 Å². The second kappa shape index (κ2) is 9.22. The first-order chi connectivity index (χ1) is 15.0. The number of benzene rings is 2. The standard InChI is InChI=1S/C24H21FN2O3S/c25-18-7-5-16(6-8-18)22(28)20-3-1-2-4-21(20)24(30)27-12-9-19(10-13-27)26-23(29)17-11-14-31-15-17/h1-8,11,14-15,19H,9-10,12-13H2,(H,26,29). The van der Waals surface area contributed by atoms with Crippen molar-refractivity contribution in [2.75, 3.05) is 13.1 Å². The van der Waals surface area contributed by atoms with Crippen molar-refractivity contribution >= 4 is 28.9 Å². The Hall–Kier alpha value is -3.32. The SMILES string of the molecule is O=C(NC1CCN(C(=O)c2ccccc2C(=O)c2ccc(F)cc2)CC1)c1ccsc1. The molecule has 4 rings (SSSR count). The third-order valence-corrected chi connectivity index (χ3v) is 6.09. The number of nitrogens with zero attached hydrogens (tertiary/aromatic N) is 1. The van der Waals surface area contributed by atoms with Gasteiger partial charge in [0.2, 0.25) is 0 Å². The molecule has 2 heterocycles. The third-order valence-electron chi connectivity index (χ3n) is 5.41. The molecule has 5 nitrogen and oxygen atoms in total. The number of likely N-dealkylation sites (tertiary alicyclic amines) is 1. The highest BCUT2D eigenvalue weighted by molar-refractivity contribution is 7.08. The maximum absolute atomic E-state index is 13.2. The van der Waals surface area contributed by atoms with Gasteiger partial charge in [-0.1, -0.05) is 18.2 Å². The fourth-order valence-corrected chi connectivity index (χ4v) is 4.32. The number of hydrogen-bond acceptors (Lipinski definition) is 4. The molecule has 1 aliphatic rings. The van der Waals surface area contributed by atoms with Crippen LogP contribution in [-0.2, 0) is 0 Å². The minimum absolute atomic E-state index is 0.00698. The van der Waals surface area contributed by atoms with Crippen molar-refractivity contribution in [3.63, 3.8) is 0 Å². The summed E-state index contributed by atoms with van der Waals surface area (Å²) in [6.07, 6.45) is 1.30. The van der Waals surface area contributed by atoms with E-state index in [0.29, 0.717) is 48.2 Å². The van der Waals surface area contributed by atoms with Crippen LogP contribution in [0.4, 0.5) is 4.39 Å². The third kappa shape index (κ3) is 4.72. The molecule has 1 aromatic heterocycles. The molecule has 0 spiro atoms. The molecule has 0 radical (unpaired) electrons. The smallest absolute Gasteiger partial charge is 0.254 e. The molecule has 7 heteroatoms. The molecule has 31 heavy (non-hydrogen) atoms. The second-order valence-electron chi connectivity index (χ2n) is 7.43. The Bertz CT molecular complexity index is 1090. The molecule has 0 atom stereocenters. The predicted octanol–water partition coefficient (Wildman–Crippen LogP) is 4.15. The van der Waals surface area contributed by atoms with Crippen molar-refractivity contribution in [3.05, 3.63) is 93.4 Å². The van der Waals surface area contributed by atoms with Crippen LogP contribution in [0.1, 0.15) is 49.5 Å². The average Bonchev–Trinajstić information content (AvgIpc) is 3.34. The monoisotopic (exact) mass is 436 g/mol. The van der Waals surface area contributed by atoms with Gasteiger partial charge in [-0.15, -0.1) is 0 Å². The van der Waals surface area contributed by atoms with Crippen LogP contribution in [0, 0.1) is 5.82 Å². The van der Waals surface area contributed by atoms with Gasteiger partial charge in [0.25, 0.3) is 11.8 Å². The molecule has 1 aliphatic heterocycles. The number of thiophene rings is 1. The van der Waals surface area contributed by atoms with Crippen molar-refractivity contribution in [1.29, 1.82) is 0 Å². The van der Waals surface area contributed by atoms with Crippen LogP contribution in [0.2, 0.25) is 0 Å². The first-order valence-corrected chi connectivity index (χ1v) is 11.0. The summed E-state index contributed by atoms with van der Waals surface area (Å²) in [5, 5.41) is 6.69. The summed E-state index contributed by atoms with van der Waals surface area (Å²) < 4.78 is 13.2. The topological polar surface area (TPSA) is 66.5 Å². The first kappa shape index (κ1) is 20.9. The molecular formula is C24H21FN2O3S. The van der Waals surface area contributed by atoms with Gasteiger partial charge in [-0.25, -0.2) is 4.39 Å². The van der Waals surface area contributed by atoms with Crippen LogP contribution in [0.3, 0.4) is 0 Å². The van der Waals surface area contributed by atoms with Gasteiger partial charge in [0.1, 0.15) is 5.82 Å². The van der Waals surface area contributed by atoms with E-state index in [1.54, 1.807) is 35.2 Å². The Balaban J connectivity index is 1.43. The van der Waals surface area contributed by atoms with Crippen LogP contribution in [0.5, 0.6) is 0 Å². The summed E-state index contributed by atoms with van der Waals surface area (Å²) in [6.45, 7) is 0.985. The summed E-state index contributed by atoms with van der Waals surface area (Å²) in [6, 6.07) is 13.8. The van der Waals surface area contributed by atoms with Gasteiger partial charge in [0.15, 0.2) is 5.78 Å². The molecule has 2 aromatic carbocycles. The van der Waals surface area contributed by atoms with Gasteiger partial charge in [0, 0.05) is 41.2 Å². The van der Waals surface area contributed by atoms with Crippen molar-refractivity contribution in [2.24, 2.45) is 0 Å². The van der Waals surface area contributed by atoms with E-state index in [0.717, 1.165) is 0 Å². The number of ketones is 1. The summed E-state index contributed by atoms with van der Waals surface area (Å²) in [5.41, 5.74) is 1.61. The molecule has 2 amide bonds. The molecule has 1 saturated heterocycles. The highest BCUT2D eigenvalue weighted by Gasteiger charge is 2.27. The molecule has 3 aromatic rings. The van der Waals surface area contributed by atoms with Crippen LogP contribution in [0.25, 0.3) is 0 Å². The Morgan fingerprint density at radius 2 is 1.58 bits per heavy atom. The number of carbonyl (C=O) groups excluding carboxylic acids is 3. The normalized spacial score (nSPS) is 14.3. The summed E-state index contributed by atoms with van der Waals surface area (Å²) >= 11 is 1.47. The summed E-state index contributed by atoms with van der Waals surface area (Å²) in [7, 11) is 0.